The van der Waals surface area contributed by atoms with E-state index in [-0.39, 0.29) is 0 Å². The number of hydrogen-bond acceptors (Lipinski definition) is 1. The SMILES string of the molecule is S=C1C=C(C2CCC[N]2)C=CC1. The summed E-state index contributed by atoms with van der Waals surface area (Å²) in [6.07, 6.45) is 9.82. The van der Waals surface area contributed by atoms with Gasteiger partial charge < -0.3 is 0 Å². The van der Waals surface area contributed by atoms with Crippen LogP contribution < -0.4 is 5.32 Å². The maximum Gasteiger partial charge on any atom is 0.0496 e. The van der Waals surface area contributed by atoms with E-state index in [9.17, 15) is 0 Å². The van der Waals surface area contributed by atoms with Crippen molar-refractivity contribution in [2.45, 2.75) is 25.3 Å². The van der Waals surface area contributed by atoms with Gasteiger partial charge in [0.05, 0.1) is 0 Å². The summed E-state index contributed by atoms with van der Waals surface area (Å²) in [5.41, 5.74) is 1.32. The molecule has 0 amide bonds. The van der Waals surface area contributed by atoms with Gasteiger partial charge in [0.15, 0.2) is 0 Å². The molecule has 2 aliphatic rings. The van der Waals surface area contributed by atoms with Crippen molar-refractivity contribution in [1.29, 1.82) is 0 Å². The highest BCUT2D eigenvalue weighted by molar-refractivity contribution is 7.80. The molecule has 1 aliphatic carbocycles. The van der Waals surface area contributed by atoms with Crippen molar-refractivity contribution in [3.8, 4) is 0 Å². The molecule has 0 aromatic carbocycles. The third kappa shape index (κ3) is 1.65. The molecule has 0 aromatic heterocycles. The molecule has 1 saturated heterocycles. The zero-order valence-electron chi connectivity index (χ0n) is 6.99. The Hall–Kier alpha value is -0.470. The van der Waals surface area contributed by atoms with Gasteiger partial charge >= 0.3 is 0 Å². The predicted octanol–water partition coefficient (Wildman–Crippen LogP) is 2.01. The molecule has 12 heavy (non-hydrogen) atoms. The molecule has 0 N–H and O–H groups in total. The lowest BCUT2D eigenvalue weighted by atomic mass is 9.99. The van der Waals surface area contributed by atoms with E-state index in [1.807, 2.05) is 0 Å². The Morgan fingerprint density at radius 2 is 2.42 bits per heavy atom. The molecule has 0 aromatic rings. The van der Waals surface area contributed by atoms with E-state index < -0.39 is 0 Å². The van der Waals surface area contributed by atoms with Gasteiger partial charge in [-0.2, -0.15) is 0 Å². The number of thiocarbonyl (C=S) groups is 1. The van der Waals surface area contributed by atoms with Crippen LogP contribution in [0.2, 0.25) is 0 Å². The molecule has 2 rings (SSSR count). The fraction of sp³-hybridized carbons (Fsp3) is 0.500. The molecular formula is C10H12NS. The van der Waals surface area contributed by atoms with E-state index in [1.54, 1.807) is 0 Å². The van der Waals surface area contributed by atoms with E-state index in [0.717, 1.165) is 17.8 Å². The molecule has 0 bridgehead atoms. The Kier molecular flexibility index (Phi) is 2.38. The summed E-state index contributed by atoms with van der Waals surface area (Å²) in [5.74, 6) is 0. The maximum absolute atomic E-state index is 5.15. The van der Waals surface area contributed by atoms with Crippen molar-refractivity contribution in [2.24, 2.45) is 0 Å². The van der Waals surface area contributed by atoms with E-state index in [4.69, 9.17) is 12.2 Å². The van der Waals surface area contributed by atoms with Gasteiger partial charge in [0.1, 0.15) is 0 Å². The fourth-order valence-corrected chi connectivity index (χ4v) is 1.94. The molecule has 1 aliphatic heterocycles. The van der Waals surface area contributed by atoms with Crippen LogP contribution in [0.5, 0.6) is 0 Å². The number of allylic oxidation sites excluding steroid dienone is 2. The van der Waals surface area contributed by atoms with Gasteiger partial charge in [-0.25, -0.2) is 5.32 Å². The Morgan fingerprint density at radius 3 is 3.08 bits per heavy atom. The van der Waals surface area contributed by atoms with Crippen LogP contribution in [0, 0.1) is 0 Å². The molecule has 1 heterocycles. The Balaban J connectivity index is 2.11. The molecule has 1 atom stereocenters. The first-order valence-corrected chi connectivity index (χ1v) is 4.84. The Bertz CT molecular complexity index is 247. The standard InChI is InChI=1S/C10H12NS/c12-9-4-1-3-8(7-9)10-5-2-6-11-10/h1,3,7,10H,2,4-6H2. The van der Waals surface area contributed by atoms with E-state index >= 15 is 0 Å². The van der Waals surface area contributed by atoms with Crippen LogP contribution in [0.1, 0.15) is 19.3 Å². The molecule has 63 valence electrons. The Labute approximate surface area is 78.5 Å². The van der Waals surface area contributed by atoms with Crippen LogP contribution >= 0.6 is 12.2 Å². The first kappa shape index (κ1) is 8.14. The molecule has 1 nitrogen and oxygen atoms in total. The Morgan fingerprint density at radius 1 is 1.50 bits per heavy atom. The second-order valence-electron chi connectivity index (χ2n) is 3.28. The average Bonchev–Trinajstić information content (AvgIpc) is 2.56. The van der Waals surface area contributed by atoms with Crippen molar-refractivity contribution in [2.75, 3.05) is 6.54 Å². The largest absolute Gasteiger partial charge is 0.234 e. The van der Waals surface area contributed by atoms with Gasteiger partial charge in [-0.3, -0.25) is 0 Å². The van der Waals surface area contributed by atoms with Gasteiger partial charge in [0.2, 0.25) is 0 Å². The van der Waals surface area contributed by atoms with Crippen molar-refractivity contribution in [3.05, 3.63) is 23.8 Å². The first-order chi connectivity index (χ1) is 5.86. The second-order valence-corrected chi connectivity index (χ2v) is 3.81. The molecule has 0 saturated carbocycles. The molecule has 1 fully saturated rings. The van der Waals surface area contributed by atoms with Crippen LogP contribution in [0.4, 0.5) is 0 Å². The van der Waals surface area contributed by atoms with Gasteiger partial charge in [-0.1, -0.05) is 24.4 Å². The highest BCUT2D eigenvalue weighted by Crippen LogP contribution is 2.20. The van der Waals surface area contributed by atoms with Gasteiger partial charge in [0.25, 0.3) is 0 Å². The van der Waals surface area contributed by atoms with Crippen LogP contribution in [-0.4, -0.2) is 17.5 Å². The molecule has 1 radical (unpaired) electrons. The third-order valence-corrected chi connectivity index (χ3v) is 2.61. The van der Waals surface area contributed by atoms with E-state index in [1.165, 1.54) is 18.4 Å². The first-order valence-electron chi connectivity index (χ1n) is 4.44. The minimum absolute atomic E-state index is 0.444. The summed E-state index contributed by atoms with van der Waals surface area (Å²) in [5, 5.41) is 4.51. The van der Waals surface area contributed by atoms with Gasteiger partial charge in [-0.05, 0) is 24.5 Å². The van der Waals surface area contributed by atoms with Gasteiger partial charge in [-0.15, -0.1) is 0 Å². The third-order valence-electron chi connectivity index (χ3n) is 2.33. The van der Waals surface area contributed by atoms with E-state index in [2.05, 4.69) is 23.5 Å². The average molecular weight is 178 g/mol. The smallest absolute Gasteiger partial charge is 0.0496 e. The summed E-state index contributed by atoms with van der Waals surface area (Å²) >= 11 is 5.15. The highest BCUT2D eigenvalue weighted by atomic mass is 32.1. The minimum Gasteiger partial charge on any atom is -0.234 e. The summed E-state index contributed by atoms with van der Waals surface area (Å²) in [7, 11) is 0. The van der Waals surface area contributed by atoms with Crippen molar-refractivity contribution < 1.29 is 0 Å². The summed E-state index contributed by atoms with van der Waals surface area (Å²) in [4.78, 5) is 1.05. The van der Waals surface area contributed by atoms with Crippen molar-refractivity contribution in [3.63, 3.8) is 0 Å². The normalized spacial score (nSPS) is 29.2. The van der Waals surface area contributed by atoms with Crippen LogP contribution in [0.3, 0.4) is 0 Å². The topological polar surface area (TPSA) is 14.1 Å². The van der Waals surface area contributed by atoms with Crippen molar-refractivity contribution >= 4 is 17.1 Å². The summed E-state index contributed by atoms with van der Waals surface area (Å²) < 4.78 is 0. The number of rotatable bonds is 1. The zero-order chi connectivity index (χ0) is 8.39. The fourth-order valence-electron chi connectivity index (χ4n) is 1.71. The lowest BCUT2D eigenvalue weighted by Gasteiger charge is -2.13. The lowest BCUT2D eigenvalue weighted by molar-refractivity contribution is 0.689. The summed E-state index contributed by atoms with van der Waals surface area (Å²) in [6, 6.07) is 0.444. The number of nitrogens with zero attached hydrogens (tertiary/aromatic N) is 1. The molecular weight excluding hydrogens is 166 g/mol. The van der Waals surface area contributed by atoms with Crippen LogP contribution in [-0.2, 0) is 0 Å². The monoisotopic (exact) mass is 178 g/mol. The second kappa shape index (κ2) is 3.50. The predicted molar refractivity (Wildman–Crippen MR) is 54.5 cm³/mol. The zero-order valence-corrected chi connectivity index (χ0v) is 7.81. The number of hydrogen-bond donors (Lipinski definition) is 0. The maximum atomic E-state index is 5.15. The molecule has 1 unspecified atom stereocenters. The van der Waals surface area contributed by atoms with Crippen LogP contribution in [0.25, 0.3) is 0 Å². The molecule has 2 heteroatoms. The minimum atomic E-state index is 0.444. The summed E-state index contributed by atoms with van der Waals surface area (Å²) in [6.45, 7) is 1.03. The quantitative estimate of drug-likeness (QED) is 0.560. The van der Waals surface area contributed by atoms with Crippen LogP contribution in [0.15, 0.2) is 23.8 Å². The highest BCUT2D eigenvalue weighted by Gasteiger charge is 2.19. The van der Waals surface area contributed by atoms with Gasteiger partial charge in [0, 0.05) is 23.9 Å². The van der Waals surface area contributed by atoms with E-state index in [0.29, 0.717) is 6.04 Å². The lowest BCUT2D eigenvalue weighted by Crippen LogP contribution is -2.17. The molecule has 0 spiro atoms. The van der Waals surface area contributed by atoms with Crippen molar-refractivity contribution in [1.82, 2.24) is 5.32 Å².